The first-order valence-corrected chi connectivity index (χ1v) is 7.67. The summed E-state index contributed by atoms with van der Waals surface area (Å²) in [5.74, 6) is -2.25. The number of amides is 1. The fourth-order valence-corrected chi connectivity index (χ4v) is 2.83. The van der Waals surface area contributed by atoms with E-state index in [1.54, 1.807) is 0 Å². The molecule has 0 saturated carbocycles. The smallest absolute Gasteiger partial charge is 0.269 e. The Morgan fingerprint density at radius 2 is 1.92 bits per heavy atom. The van der Waals surface area contributed by atoms with E-state index in [1.165, 1.54) is 24.3 Å². The second-order valence-corrected chi connectivity index (χ2v) is 5.87. The highest BCUT2D eigenvalue weighted by Gasteiger charge is 2.12. The van der Waals surface area contributed by atoms with Crippen molar-refractivity contribution in [2.45, 2.75) is 0 Å². The number of hydrogen-bond donors (Lipinski definition) is 1. The van der Waals surface area contributed by atoms with Gasteiger partial charge in [-0.25, -0.2) is 13.8 Å². The molecule has 0 fully saturated rings. The number of rotatable bonds is 5. The van der Waals surface area contributed by atoms with Crippen molar-refractivity contribution in [1.82, 2.24) is 4.98 Å². The van der Waals surface area contributed by atoms with Gasteiger partial charge in [-0.1, -0.05) is 11.3 Å². The van der Waals surface area contributed by atoms with Crippen molar-refractivity contribution in [3.05, 3.63) is 58.1 Å². The van der Waals surface area contributed by atoms with Gasteiger partial charge in [0.15, 0.2) is 23.4 Å². The highest BCUT2D eigenvalue weighted by molar-refractivity contribution is 7.22. The molecule has 10 heteroatoms. The van der Waals surface area contributed by atoms with Gasteiger partial charge in [0.1, 0.15) is 5.75 Å². The van der Waals surface area contributed by atoms with Crippen molar-refractivity contribution >= 4 is 38.3 Å². The molecule has 0 aliphatic carbocycles. The average molecular weight is 365 g/mol. The zero-order valence-electron chi connectivity index (χ0n) is 12.4. The Morgan fingerprint density at radius 1 is 1.24 bits per heavy atom. The summed E-state index contributed by atoms with van der Waals surface area (Å²) in [7, 11) is 0. The van der Waals surface area contributed by atoms with Crippen LogP contribution in [0.5, 0.6) is 5.75 Å². The van der Waals surface area contributed by atoms with Gasteiger partial charge in [-0.05, 0) is 18.2 Å². The summed E-state index contributed by atoms with van der Waals surface area (Å²) in [6.45, 7) is -0.351. The fourth-order valence-electron chi connectivity index (χ4n) is 1.95. The Bertz CT molecular complexity index is 920. The Morgan fingerprint density at radius 3 is 2.60 bits per heavy atom. The van der Waals surface area contributed by atoms with E-state index < -0.39 is 22.5 Å². The number of halogens is 2. The summed E-state index contributed by atoms with van der Waals surface area (Å²) in [6.07, 6.45) is 0. The van der Waals surface area contributed by atoms with Gasteiger partial charge in [-0.2, -0.15) is 0 Å². The quantitative estimate of drug-likeness (QED) is 0.552. The number of benzene rings is 2. The van der Waals surface area contributed by atoms with Gasteiger partial charge in [0.2, 0.25) is 0 Å². The normalized spacial score (nSPS) is 10.6. The highest BCUT2D eigenvalue weighted by atomic mass is 32.1. The van der Waals surface area contributed by atoms with Crippen LogP contribution in [0, 0.1) is 21.7 Å². The first-order chi connectivity index (χ1) is 11.9. The van der Waals surface area contributed by atoms with Crippen LogP contribution in [-0.2, 0) is 4.79 Å². The largest absolute Gasteiger partial charge is 0.484 e. The van der Waals surface area contributed by atoms with Gasteiger partial charge in [0.25, 0.3) is 11.6 Å². The van der Waals surface area contributed by atoms with Crippen LogP contribution in [0.15, 0.2) is 36.4 Å². The molecule has 3 aromatic rings. The van der Waals surface area contributed by atoms with E-state index >= 15 is 0 Å². The van der Waals surface area contributed by atoms with Crippen LogP contribution in [0.2, 0.25) is 0 Å². The van der Waals surface area contributed by atoms with Crippen molar-refractivity contribution < 1.29 is 23.2 Å². The molecule has 0 atom stereocenters. The molecule has 2 aromatic carbocycles. The predicted octanol–water partition coefficient (Wildman–Crippen LogP) is 3.50. The molecule has 0 aliphatic rings. The second kappa shape index (κ2) is 6.77. The van der Waals surface area contributed by atoms with Gasteiger partial charge >= 0.3 is 0 Å². The molecule has 25 heavy (non-hydrogen) atoms. The molecule has 3 rings (SSSR count). The average Bonchev–Trinajstić information content (AvgIpc) is 2.94. The minimum absolute atomic E-state index is 0.0919. The van der Waals surface area contributed by atoms with Crippen LogP contribution in [-0.4, -0.2) is 22.4 Å². The third kappa shape index (κ3) is 3.86. The number of thiazole rings is 1. The Balaban J connectivity index is 1.61. The van der Waals surface area contributed by atoms with Crippen LogP contribution in [0.1, 0.15) is 0 Å². The Hall–Kier alpha value is -3.14. The lowest BCUT2D eigenvalue weighted by molar-refractivity contribution is -0.384. The molecule has 0 radical (unpaired) electrons. The van der Waals surface area contributed by atoms with E-state index in [-0.39, 0.29) is 28.7 Å². The van der Waals surface area contributed by atoms with Crippen molar-refractivity contribution in [2.24, 2.45) is 0 Å². The molecule has 1 amide bonds. The van der Waals surface area contributed by atoms with Gasteiger partial charge in [-0.15, -0.1) is 0 Å². The van der Waals surface area contributed by atoms with Crippen molar-refractivity contribution in [1.29, 1.82) is 0 Å². The highest BCUT2D eigenvalue weighted by Crippen LogP contribution is 2.27. The number of nitrogens with one attached hydrogen (secondary N) is 1. The SMILES string of the molecule is O=C(COc1ccc([N+](=O)[O-])cc1)Nc1nc2cc(F)c(F)cc2s1. The number of nitrogens with zero attached hydrogens (tertiary/aromatic N) is 2. The maximum Gasteiger partial charge on any atom is 0.269 e. The molecule has 1 aromatic heterocycles. The lowest BCUT2D eigenvalue weighted by Gasteiger charge is -2.05. The van der Waals surface area contributed by atoms with Crippen LogP contribution in [0.25, 0.3) is 10.2 Å². The molecule has 0 spiro atoms. The molecule has 0 aliphatic heterocycles. The van der Waals surface area contributed by atoms with E-state index in [0.29, 0.717) is 4.70 Å². The maximum atomic E-state index is 13.2. The van der Waals surface area contributed by atoms with E-state index in [4.69, 9.17) is 4.74 Å². The third-order valence-corrected chi connectivity index (χ3v) is 4.03. The molecule has 7 nitrogen and oxygen atoms in total. The van der Waals surface area contributed by atoms with E-state index in [0.717, 1.165) is 23.5 Å². The van der Waals surface area contributed by atoms with E-state index in [2.05, 4.69) is 10.3 Å². The molecular weight excluding hydrogens is 356 g/mol. The number of ether oxygens (including phenoxy) is 1. The number of carbonyl (C=O) groups is 1. The topological polar surface area (TPSA) is 94.4 Å². The maximum absolute atomic E-state index is 13.2. The minimum atomic E-state index is -1.02. The number of aromatic nitrogens is 1. The number of carbonyl (C=O) groups excluding carboxylic acids is 1. The van der Waals surface area contributed by atoms with Gasteiger partial charge in [0, 0.05) is 18.2 Å². The minimum Gasteiger partial charge on any atom is -0.484 e. The lowest BCUT2D eigenvalue weighted by Crippen LogP contribution is -2.19. The first kappa shape index (κ1) is 16.7. The molecule has 1 heterocycles. The molecule has 1 N–H and O–H groups in total. The van der Waals surface area contributed by atoms with Crippen molar-refractivity contribution in [2.75, 3.05) is 11.9 Å². The molecular formula is C15H9F2N3O4S. The summed E-state index contributed by atoms with van der Waals surface area (Å²) in [4.78, 5) is 25.8. The number of anilines is 1. The summed E-state index contributed by atoms with van der Waals surface area (Å²) < 4.78 is 31.9. The van der Waals surface area contributed by atoms with Crippen LogP contribution in [0.3, 0.4) is 0 Å². The Kier molecular flexibility index (Phi) is 4.52. The van der Waals surface area contributed by atoms with Gasteiger partial charge in [-0.3, -0.25) is 20.2 Å². The molecule has 0 bridgehead atoms. The van der Waals surface area contributed by atoms with Crippen molar-refractivity contribution in [3.8, 4) is 5.75 Å². The zero-order valence-corrected chi connectivity index (χ0v) is 13.2. The number of fused-ring (bicyclic) bond motifs is 1. The molecule has 0 unspecified atom stereocenters. The van der Waals surface area contributed by atoms with E-state index in [1.807, 2.05) is 0 Å². The van der Waals surface area contributed by atoms with Crippen molar-refractivity contribution in [3.63, 3.8) is 0 Å². The van der Waals surface area contributed by atoms with Crippen LogP contribution in [0.4, 0.5) is 19.6 Å². The summed E-state index contributed by atoms with van der Waals surface area (Å²) in [5, 5.41) is 13.2. The second-order valence-electron chi connectivity index (χ2n) is 4.84. The third-order valence-electron chi connectivity index (χ3n) is 3.09. The number of nitro benzene ring substituents is 1. The number of non-ortho nitro benzene ring substituents is 1. The van der Waals surface area contributed by atoms with E-state index in [9.17, 15) is 23.7 Å². The zero-order chi connectivity index (χ0) is 18.0. The summed E-state index contributed by atoms with van der Waals surface area (Å²) >= 11 is 0.995. The first-order valence-electron chi connectivity index (χ1n) is 6.85. The molecule has 128 valence electrons. The monoisotopic (exact) mass is 365 g/mol. The summed E-state index contributed by atoms with van der Waals surface area (Å²) in [5.41, 5.74) is 0.140. The number of hydrogen-bond acceptors (Lipinski definition) is 6. The number of nitro groups is 1. The lowest BCUT2D eigenvalue weighted by atomic mass is 10.3. The predicted molar refractivity (Wildman–Crippen MR) is 86.8 cm³/mol. The van der Waals surface area contributed by atoms with Crippen LogP contribution < -0.4 is 10.1 Å². The molecule has 0 saturated heterocycles. The fraction of sp³-hybridized carbons (Fsp3) is 0.0667. The standard InChI is InChI=1S/C15H9F2N3O4S/c16-10-5-12-13(6-11(10)17)25-15(18-12)19-14(21)7-24-9-3-1-8(2-4-9)20(22)23/h1-6H,7H2,(H,18,19,21). The van der Waals surface area contributed by atoms with Gasteiger partial charge in [0.05, 0.1) is 15.1 Å². The van der Waals surface area contributed by atoms with Crippen LogP contribution >= 0.6 is 11.3 Å². The van der Waals surface area contributed by atoms with Gasteiger partial charge < -0.3 is 4.74 Å². The Labute approximate surface area is 143 Å². The summed E-state index contributed by atoms with van der Waals surface area (Å²) in [6, 6.07) is 7.20.